The average molecular weight is 281 g/mol. The monoisotopic (exact) mass is 280 g/mol. The van der Waals surface area contributed by atoms with Crippen molar-refractivity contribution in [1.29, 1.82) is 0 Å². The van der Waals surface area contributed by atoms with Crippen LogP contribution >= 0.6 is 15.9 Å². The Bertz CT molecular complexity index is 388. The molecular formula is C13H17BrN2. The lowest BCUT2D eigenvalue weighted by Crippen LogP contribution is -2.28. The number of hydrogen-bond acceptors (Lipinski definition) is 2. The fourth-order valence-electron chi connectivity index (χ4n) is 2.40. The summed E-state index contributed by atoms with van der Waals surface area (Å²) in [5, 5.41) is 7.13. The zero-order valence-electron chi connectivity index (χ0n) is 9.30. The maximum atomic E-state index is 3.64. The van der Waals surface area contributed by atoms with Gasteiger partial charge in [0, 0.05) is 29.5 Å². The van der Waals surface area contributed by atoms with Crippen LogP contribution in [-0.2, 0) is 0 Å². The lowest BCUT2D eigenvalue weighted by molar-refractivity contribution is 0.549. The van der Waals surface area contributed by atoms with E-state index in [1.54, 1.807) is 0 Å². The third-order valence-corrected chi connectivity index (χ3v) is 4.17. The molecule has 0 saturated heterocycles. The number of hydrogen-bond donors (Lipinski definition) is 2. The standard InChI is InChI=1S/C13H17BrN2/c14-12-3-1-2-11-9(6-7-15-13(11)12)8-16-10-4-5-10/h1-3,9-10,15-16H,4-8H2. The molecule has 1 aliphatic heterocycles. The second-order valence-corrected chi connectivity index (χ2v) is 5.65. The van der Waals surface area contributed by atoms with E-state index in [-0.39, 0.29) is 0 Å². The van der Waals surface area contributed by atoms with Gasteiger partial charge in [-0.2, -0.15) is 0 Å². The van der Waals surface area contributed by atoms with Gasteiger partial charge in [-0.25, -0.2) is 0 Å². The molecule has 2 nitrogen and oxygen atoms in total. The van der Waals surface area contributed by atoms with Crippen molar-refractivity contribution in [3.8, 4) is 0 Å². The van der Waals surface area contributed by atoms with E-state index in [2.05, 4.69) is 44.8 Å². The molecule has 3 heteroatoms. The van der Waals surface area contributed by atoms with Crippen molar-refractivity contribution in [3.63, 3.8) is 0 Å². The second-order valence-electron chi connectivity index (χ2n) is 4.80. The summed E-state index contributed by atoms with van der Waals surface area (Å²) in [4.78, 5) is 0. The summed E-state index contributed by atoms with van der Waals surface area (Å²) < 4.78 is 1.20. The number of nitrogens with one attached hydrogen (secondary N) is 2. The van der Waals surface area contributed by atoms with Crippen LogP contribution in [0.5, 0.6) is 0 Å². The first-order valence-electron chi connectivity index (χ1n) is 6.10. The molecule has 86 valence electrons. The Balaban J connectivity index is 1.78. The predicted octanol–water partition coefficient (Wildman–Crippen LogP) is 3.10. The molecule has 1 aliphatic carbocycles. The Morgan fingerprint density at radius 3 is 3.00 bits per heavy atom. The minimum Gasteiger partial charge on any atom is -0.384 e. The molecule has 1 aromatic rings. The molecule has 3 rings (SSSR count). The third-order valence-electron chi connectivity index (χ3n) is 3.51. The van der Waals surface area contributed by atoms with Crippen LogP contribution < -0.4 is 10.6 Å². The van der Waals surface area contributed by atoms with E-state index >= 15 is 0 Å². The first-order valence-corrected chi connectivity index (χ1v) is 6.89. The molecule has 0 aromatic heterocycles. The van der Waals surface area contributed by atoms with Gasteiger partial charge in [0.2, 0.25) is 0 Å². The summed E-state index contributed by atoms with van der Waals surface area (Å²) in [6.45, 7) is 2.22. The van der Waals surface area contributed by atoms with Crippen molar-refractivity contribution in [2.24, 2.45) is 0 Å². The number of anilines is 1. The van der Waals surface area contributed by atoms with Crippen molar-refractivity contribution < 1.29 is 0 Å². The Morgan fingerprint density at radius 2 is 2.19 bits per heavy atom. The predicted molar refractivity (Wildman–Crippen MR) is 71.0 cm³/mol. The number of rotatable bonds is 3. The van der Waals surface area contributed by atoms with Crippen LogP contribution in [0.3, 0.4) is 0 Å². The summed E-state index contributed by atoms with van der Waals surface area (Å²) >= 11 is 3.62. The van der Waals surface area contributed by atoms with Gasteiger partial charge in [0.15, 0.2) is 0 Å². The molecule has 1 heterocycles. The molecule has 1 unspecified atom stereocenters. The van der Waals surface area contributed by atoms with E-state index in [1.807, 2.05) is 0 Å². The maximum absolute atomic E-state index is 3.64. The highest BCUT2D eigenvalue weighted by Crippen LogP contribution is 2.36. The van der Waals surface area contributed by atoms with Gasteiger partial charge in [0.25, 0.3) is 0 Å². The Morgan fingerprint density at radius 1 is 1.31 bits per heavy atom. The van der Waals surface area contributed by atoms with Gasteiger partial charge >= 0.3 is 0 Å². The maximum Gasteiger partial charge on any atom is 0.0520 e. The second kappa shape index (κ2) is 4.38. The van der Waals surface area contributed by atoms with Crippen LogP contribution in [-0.4, -0.2) is 19.1 Å². The normalized spacial score (nSPS) is 23.7. The quantitative estimate of drug-likeness (QED) is 0.889. The van der Waals surface area contributed by atoms with E-state index in [9.17, 15) is 0 Å². The van der Waals surface area contributed by atoms with E-state index < -0.39 is 0 Å². The van der Waals surface area contributed by atoms with Crippen LogP contribution in [0.4, 0.5) is 5.69 Å². The number of fused-ring (bicyclic) bond motifs is 1. The molecule has 0 amide bonds. The molecule has 1 fully saturated rings. The van der Waals surface area contributed by atoms with E-state index in [1.165, 1.54) is 35.0 Å². The fraction of sp³-hybridized carbons (Fsp3) is 0.538. The molecule has 2 N–H and O–H groups in total. The van der Waals surface area contributed by atoms with Crippen molar-refractivity contribution in [3.05, 3.63) is 28.2 Å². The van der Waals surface area contributed by atoms with E-state index in [4.69, 9.17) is 0 Å². The minimum absolute atomic E-state index is 0.675. The van der Waals surface area contributed by atoms with Gasteiger partial charge in [-0.05, 0) is 46.8 Å². The van der Waals surface area contributed by atoms with Crippen molar-refractivity contribution in [2.45, 2.75) is 31.2 Å². The van der Waals surface area contributed by atoms with Crippen LogP contribution in [0.15, 0.2) is 22.7 Å². The smallest absolute Gasteiger partial charge is 0.0520 e. The highest BCUT2D eigenvalue weighted by molar-refractivity contribution is 9.10. The Kier molecular flexibility index (Phi) is 2.90. The van der Waals surface area contributed by atoms with E-state index in [0.29, 0.717) is 5.92 Å². The van der Waals surface area contributed by atoms with Crippen molar-refractivity contribution in [1.82, 2.24) is 5.32 Å². The third kappa shape index (κ3) is 2.11. The molecule has 0 bridgehead atoms. The highest BCUT2D eigenvalue weighted by atomic mass is 79.9. The molecule has 1 atom stereocenters. The average Bonchev–Trinajstić information content (AvgIpc) is 3.11. The van der Waals surface area contributed by atoms with Crippen LogP contribution in [0.25, 0.3) is 0 Å². The Hall–Kier alpha value is -0.540. The van der Waals surface area contributed by atoms with Crippen molar-refractivity contribution >= 4 is 21.6 Å². The summed E-state index contributed by atoms with van der Waals surface area (Å²) in [6.07, 6.45) is 3.98. The van der Waals surface area contributed by atoms with Gasteiger partial charge in [-0.15, -0.1) is 0 Å². The van der Waals surface area contributed by atoms with E-state index in [0.717, 1.165) is 19.1 Å². The molecule has 0 radical (unpaired) electrons. The number of para-hydroxylation sites is 1. The lowest BCUT2D eigenvalue weighted by Gasteiger charge is -2.27. The molecule has 1 saturated carbocycles. The fourth-order valence-corrected chi connectivity index (χ4v) is 2.92. The zero-order valence-corrected chi connectivity index (χ0v) is 10.9. The highest BCUT2D eigenvalue weighted by Gasteiger charge is 2.25. The van der Waals surface area contributed by atoms with Gasteiger partial charge < -0.3 is 10.6 Å². The summed E-state index contributed by atoms with van der Waals surface area (Å²) in [5.74, 6) is 0.675. The molecule has 1 aromatic carbocycles. The SMILES string of the molecule is Brc1cccc2c1NCCC2CNC1CC1. The van der Waals surface area contributed by atoms with Crippen molar-refractivity contribution in [2.75, 3.05) is 18.4 Å². The molecule has 16 heavy (non-hydrogen) atoms. The topological polar surface area (TPSA) is 24.1 Å². The van der Waals surface area contributed by atoms with Gasteiger partial charge in [-0.3, -0.25) is 0 Å². The lowest BCUT2D eigenvalue weighted by atomic mass is 9.91. The summed E-state index contributed by atoms with van der Waals surface area (Å²) in [5.41, 5.74) is 2.77. The molecule has 0 spiro atoms. The minimum atomic E-state index is 0.675. The van der Waals surface area contributed by atoms with Crippen LogP contribution in [0, 0.1) is 0 Å². The molecular weight excluding hydrogens is 264 g/mol. The first-order chi connectivity index (χ1) is 7.84. The summed E-state index contributed by atoms with van der Waals surface area (Å²) in [6, 6.07) is 7.32. The van der Waals surface area contributed by atoms with Gasteiger partial charge in [0.1, 0.15) is 0 Å². The molecule has 2 aliphatic rings. The van der Waals surface area contributed by atoms with Crippen LogP contribution in [0.1, 0.15) is 30.7 Å². The Labute approximate surface area is 105 Å². The van der Waals surface area contributed by atoms with Gasteiger partial charge in [0.05, 0.1) is 5.69 Å². The number of benzene rings is 1. The first kappa shape index (κ1) is 10.6. The number of halogens is 1. The van der Waals surface area contributed by atoms with Crippen LogP contribution in [0.2, 0.25) is 0 Å². The van der Waals surface area contributed by atoms with Gasteiger partial charge in [-0.1, -0.05) is 12.1 Å². The zero-order chi connectivity index (χ0) is 11.0. The largest absolute Gasteiger partial charge is 0.384 e. The summed E-state index contributed by atoms with van der Waals surface area (Å²) in [7, 11) is 0.